The molecule has 0 saturated carbocycles. The van der Waals surface area contributed by atoms with Crippen molar-refractivity contribution in [1.82, 2.24) is 10.3 Å². The molecule has 0 aliphatic rings. The lowest BCUT2D eigenvalue weighted by Gasteiger charge is -2.16. The minimum Gasteiger partial charge on any atom is -0.480 e. The maximum Gasteiger partial charge on any atom is 0.326 e. The summed E-state index contributed by atoms with van der Waals surface area (Å²) < 4.78 is 0.929. The molecule has 2 unspecified atom stereocenters. The molecule has 0 saturated heterocycles. The van der Waals surface area contributed by atoms with Crippen molar-refractivity contribution in [2.45, 2.75) is 39.2 Å². The van der Waals surface area contributed by atoms with E-state index in [-0.39, 0.29) is 18.2 Å². The van der Waals surface area contributed by atoms with Gasteiger partial charge < -0.3 is 15.4 Å². The number of hydrogen-bond acceptors (Lipinski definition) is 2. The van der Waals surface area contributed by atoms with Crippen molar-refractivity contribution < 1.29 is 14.7 Å². The quantitative estimate of drug-likeness (QED) is 0.687. The van der Waals surface area contributed by atoms with Crippen LogP contribution in [0.5, 0.6) is 0 Å². The molecule has 3 N–H and O–H groups in total. The fraction of sp³-hybridized carbons (Fsp3) is 0.412. The summed E-state index contributed by atoms with van der Waals surface area (Å²) in [7, 11) is 0. The molecule has 1 amide bonds. The average molecular weight is 381 g/mol. The number of carbonyl (C=O) groups excluding carboxylic acids is 1. The van der Waals surface area contributed by atoms with Crippen LogP contribution >= 0.6 is 15.9 Å². The van der Waals surface area contributed by atoms with Crippen LogP contribution in [0.4, 0.5) is 0 Å². The molecule has 0 radical (unpaired) electrons. The Hall–Kier alpha value is -1.82. The Kier molecular flexibility index (Phi) is 5.82. The van der Waals surface area contributed by atoms with E-state index >= 15 is 0 Å². The van der Waals surface area contributed by atoms with Crippen molar-refractivity contribution in [3.05, 3.63) is 34.4 Å². The highest BCUT2D eigenvalue weighted by molar-refractivity contribution is 9.10. The topological polar surface area (TPSA) is 82.2 Å². The van der Waals surface area contributed by atoms with Crippen LogP contribution in [0.15, 0.2) is 28.9 Å². The van der Waals surface area contributed by atoms with Crippen LogP contribution in [0, 0.1) is 5.92 Å². The van der Waals surface area contributed by atoms with Gasteiger partial charge in [-0.2, -0.15) is 0 Å². The van der Waals surface area contributed by atoms with Crippen LogP contribution in [0.3, 0.4) is 0 Å². The third-order valence-corrected chi connectivity index (χ3v) is 4.51. The van der Waals surface area contributed by atoms with Crippen LogP contribution in [0.1, 0.15) is 32.3 Å². The van der Waals surface area contributed by atoms with Gasteiger partial charge in [0, 0.05) is 34.4 Å². The zero-order valence-electron chi connectivity index (χ0n) is 13.2. The summed E-state index contributed by atoms with van der Waals surface area (Å²) in [5.41, 5.74) is 1.82. The highest BCUT2D eigenvalue weighted by atomic mass is 79.9. The molecule has 2 atom stereocenters. The summed E-state index contributed by atoms with van der Waals surface area (Å²) in [6.45, 7) is 3.99. The van der Waals surface area contributed by atoms with E-state index in [2.05, 4.69) is 26.2 Å². The number of aliphatic carboxylic acids is 1. The zero-order chi connectivity index (χ0) is 17.0. The van der Waals surface area contributed by atoms with Gasteiger partial charge in [0.25, 0.3) is 0 Å². The third-order valence-electron chi connectivity index (χ3n) is 4.02. The number of amides is 1. The van der Waals surface area contributed by atoms with Gasteiger partial charge in [-0.3, -0.25) is 4.79 Å². The lowest BCUT2D eigenvalue weighted by Crippen LogP contribution is -2.42. The van der Waals surface area contributed by atoms with Crippen LogP contribution < -0.4 is 5.32 Å². The summed E-state index contributed by atoms with van der Waals surface area (Å²) in [5.74, 6) is -0.992. The van der Waals surface area contributed by atoms with E-state index in [0.717, 1.165) is 27.4 Å². The molecule has 1 aromatic heterocycles. The molecule has 6 heteroatoms. The Morgan fingerprint density at radius 2 is 2.13 bits per heavy atom. The smallest absolute Gasteiger partial charge is 0.326 e. The molecule has 0 bridgehead atoms. The lowest BCUT2D eigenvalue weighted by atomic mass is 10.0. The Morgan fingerprint density at radius 3 is 2.78 bits per heavy atom. The van der Waals surface area contributed by atoms with Gasteiger partial charge in [-0.15, -0.1) is 0 Å². The maximum absolute atomic E-state index is 12.0. The fourth-order valence-electron chi connectivity index (χ4n) is 2.45. The molecule has 2 rings (SSSR count). The van der Waals surface area contributed by atoms with Crippen molar-refractivity contribution in [2.75, 3.05) is 0 Å². The summed E-state index contributed by atoms with van der Waals surface area (Å²) in [6.07, 6.45) is 3.28. The predicted octanol–water partition coefficient (Wildman–Crippen LogP) is 3.48. The number of carboxylic acid groups (broad SMARTS) is 1. The normalized spacial score (nSPS) is 13.7. The minimum absolute atomic E-state index is 0.215. The number of halogens is 1. The van der Waals surface area contributed by atoms with E-state index in [9.17, 15) is 14.7 Å². The Bertz CT molecular complexity index is 711. The highest BCUT2D eigenvalue weighted by Crippen LogP contribution is 2.23. The van der Waals surface area contributed by atoms with E-state index in [1.54, 1.807) is 6.20 Å². The summed E-state index contributed by atoms with van der Waals surface area (Å²) in [4.78, 5) is 26.6. The standard InChI is InChI=1S/C17H21BrN2O3/c1-3-10(2)6-16(21)20-15(17(22)23)7-11-9-19-14-5-4-12(18)8-13(11)14/h4-5,8-10,15,19H,3,6-7H2,1-2H3,(H,20,21)(H,22,23). The van der Waals surface area contributed by atoms with Crippen LogP contribution in [0.2, 0.25) is 0 Å². The highest BCUT2D eigenvalue weighted by Gasteiger charge is 2.22. The monoisotopic (exact) mass is 380 g/mol. The number of hydrogen-bond donors (Lipinski definition) is 3. The van der Waals surface area contributed by atoms with E-state index in [1.165, 1.54) is 0 Å². The van der Waals surface area contributed by atoms with Crippen molar-refractivity contribution in [2.24, 2.45) is 5.92 Å². The molecule has 5 nitrogen and oxygen atoms in total. The number of aromatic amines is 1. The average Bonchev–Trinajstić information content (AvgIpc) is 2.88. The van der Waals surface area contributed by atoms with Crippen molar-refractivity contribution in [3.63, 3.8) is 0 Å². The van der Waals surface area contributed by atoms with Gasteiger partial charge in [0.1, 0.15) is 6.04 Å². The summed E-state index contributed by atoms with van der Waals surface area (Å²) in [5, 5.41) is 13.0. The number of carbonyl (C=O) groups is 2. The van der Waals surface area contributed by atoms with Crippen LogP contribution in [-0.2, 0) is 16.0 Å². The molecular formula is C17H21BrN2O3. The molecule has 0 spiro atoms. The molecule has 124 valence electrons. The van der Waals surface area contributed by atoms with Gasteiger partial charge in [-0.05, 0) is 29.7 Å². The molecule has 0 fully saturated rings. The van der Waals surface area contributed by atoms with Gasteiger partial charge in [0.15, 0.2) is 0 Å². The summed E-state index contributed by atoms with van der Waals surface area (Å²) >= 11 is 3.42. The molecule has 0 aliphatic heterocycles. The molecule has 23 heavy (non-hydrogen) atoms. The van der Waals surface area contributed by atoms with Gasteiger partial charge in [-0.1, -0.05) is 36.2 Å². The lowest BCUT2D eigenvalue weighted by molar-refractivity contribution is -0.141. The summed E-state index contributed by atoms with van der Waals surface area (Å²) in [6, 6.07) is 4.87. The second kappa shape index (κ2) is 7.64. The van der Waals surface area contributed by atoms with Gasteiger partial charge in [-0.25, -0.2) is 4.79 Å². The fourth-order valence-corrected chi connectivity index (χ4v) is 2.81. The van der Waals surface area contributed by atoms with Crippen LogP contribution in [-0.4, -0.2) is 28.0 Å². The number of benzene rings is 1. The van der Waals surface area contributed by atoms with Crippen molar-refractivity contribution in [3.8, 4) is 0 Å². The number of fused-ring (bicyclic) bond motifs is 1. The Morgan fingerprint density at radius 1 is 1.39 bits per heavy atom. The number of nitrogens with one attached hydrogen (secondary N) is 2. The second-order valence-corrected chi connectivity index (χ2v) is 6.80. The van der Waals surface area contributed by atoms with E-state index in [0.29, 0.717) is 6.42 Å². The molecule has 2 aromatic rings. The Balaban J connectivity index is 2.14. The largest absolute Gasteiger partial charge is 0.480 e. The molecule has 1 heterocycles. The zero-order valence-corrected chi connectivity index (χ0v) is 14.8. The van der Waals surface area contributed by atoms with Gasteiger partial charge >= 0.3 is 5.97 Å². The minimum atomic E-state index is -1.02. The first kappa shape index (κ1) is 17.5. The second-order valence-electron chi connectivity index (χ2n) is 5.88. The third kappa shape index (κ3) is 4.58. The first-order valence-electron chi connectivity index (χ1n) is 7.68. The molecular weight excluding hydrogens is 360 g/mol. The first-order valence-corrected chi connectivity index (χ1v) is 8.47. The molecule has 0 aliphatic carbocycles. The van der Waals surface area contributed by atoms with Crippen molar-refractivity contribution in [1.29, 1.82) is 0 Å². The van der Waals surface area contributed by atoms with Gasteiger partial charge in [0.2, 0.25) is 5.91 Å². The van der Waals surface area contributed by atoms with E-state index in [4.69, 9.17) is 0 Å². The number of aromatic nitrogens is 1. The number of rotatable bonds is 7. The number of H-pyrrole nitrogens is 1. The first-order chi connectivity index (χ1) is 10.9. The Labute approximate surface area is 143 Å². The number of carboxylic acids is 1. The predicted molar refractivity (Wildman–Crippen MR) is 93.3 cm³/mol. The van der Waals surface area contributed by atoms with Crippen molar-refractivity contribution >= 4 is 38.7 Å². The maximum atomic E-state index is 12.0. The molecule has 1 aromatic carbocycles. The van der Waals surface area contributed by atoms with E-state index in [1.807, 2.05) is 32.0 Å². The van der Waals surface area contributed by atoms with E-state index < -0.39 is 12.0 Å². The van der Waals surface area contributed by atoms with Gasteiger partial charge in [0.05, 0.1) is 0 Å². The SMILES string of the molecule is CCC(C)CC(=O)NC(Cc1c[nH]c2ccc(Br)cc12)C(=O)O. The van der Waals surface area contributed by atoms with Crippen LogP contribution in [0.25, 0.3) is 10.9 Å².